The summed E-state index contributed by atoms with van der Waals surface area (Å²) >= 11 is 12.3. The van der Waals surface area contributed by atoms with Crippen LogP contribution in [-0.2, 0) is 0 Å². The molecule has 7 nitrogen and oxygen atoms in total. The Kier molecular flexibility index (Phi) is 5.95. The van der Waals surface area contributed by atoms with Crippen LogP contribution in [0.4, 0.5) is 5.82 Å². The first-order valence-corrected chi connectivity index (χ1v) is 9.74. The van der Waals surface area contributed by atoms with E-state index in [0.29, 0.717) is 51.7 Å². The fourth-order valence-corrected chi connectivity index (χ4v) is 3.25. The summed E-state index contributed by atoms with van der Waals surface area (Å²) in [6.07, 6.45) is 3.36. The van der Waals surface area contributed by atoms with E-state index in [2.05, 4.69) is 20.2 Å². The van der Waals surface area contributed by atoms with Gasteiger partial charge < -0.3 is 19.7 Å². The second-order valence-corrected chi connectivity index (χ2v) is 7.04. The Bertz CT molecular complexity index is 952. The van der Waals surface area contributed by atoms with Gasteiger partial charge >= 0.3 is 0 Å². The molecule has 0 bridgehead atoms. The summed E-state index contributed by atoms with van der Waals surface area (Å²) in [7, 11) is 0. The molecule has 1 aliphatic rings. The van der Waals surface area contributed by atoms with E-state index in [4.69, 9.17) is 37.7 Å². The minimum Gasteiger partial charge on any atom is -0.488 e. The number of rotatable bonds is 6. The number of nitrogens with zero attached hydrogens (tertiary/aromatic N) is 4. The highest BCUT2D eigenvalue weighted by atomic mass is 35.5. The predicted octanol–water partition coefficient (Wildman–Crippen LogP) is 3.20. The molecule has 0 spiro atoms. The highest BCUT2D eigenvalue weighted by Crippen LogP contribution is 2.31. The molecule has 0 unspecified atom stereocenters. The largest absolute Gasteiger partial charge is 0.488 e. The van der Waals surface area contributed by atoms with Gasteiger partial charge in [0.05, 0.1) is 27.3 Å². The van der Waals surface area contributed by atoms with Crippen LogP contribution in [0.1, 0.15) is 0 Å². The summed E-state index contributed by atoms with van der Waals surface area (Å²) in [6.45, 7) is 4.10. The van der Waals surface area contributed by atoms with Crippen LogP contribution in [0, 0.1) is 0 Å². The molecule has 2 aromatic heterocycles. The second kappa shape index (κ2) is 8.77. The van der Waals surface area contributed by atoms with Crippen molar-refractivity contribution < 1.29 is 9.47 Å². The minimum absolute atomic E-state index is 0.329. The molecule has 1 aromatic carbocycles. The normalized spacial score (nSPS) is 14.3. The van der Waals surface area contributed by atoms with Crippen molar-refractivity contribution in [1.29, 1.82) is 0 Å². The van der Waals surface area contributed by atoms with Gasteiger partial charge in [-0.1, -0.05) is 23.2 Å². The average molecular weight is 420 g/mol. The van der Waals surface area contributed by atoms with Gasteiger partial charge in [0, 0.05) is 32.4 Å². The maximum Gasteiger partial charge on any atom is 0.258 e. The summed E-state index contributed by atoms with van der Waals surface area (Å²) in [5.41, 5.74) is 1.32. The minimum atomic E-state index is 0.329. The van der Waals surface area contributed by atoms with Crippen molar-refractivity contribution in [2.45, 2.75) is 0 Å². The van der Waals surface area contributed by atoms with Crippen LogP contribution in [0.25, 0.3) is 11.0 Å². The van der Waals surface area contributed by atoms with Crippen molar-refractivity contribution >= 4 is 40.1 Å². The van der Waals surface area contributed by atoms with E-state index in [0.717, 1.165) is 26.2 Å². The van der Waals surface area contributed by atoms with Gasteiger partial charge in [-0.2, -0.15) is 0 Å². The van der Waals surface area contributed by atoms with Gasteiger partial charge in [-0.25, -0.2) is 9.97 Å². The van der Waals surface area contributed by atoms with E-state index in [1.165, 1.54) is 0 Å². The van der Waals surface area contributed by atoms with Crippen LogP contribution in [0.2, 0.25) is 10.0 Å². The van der Waals surface area contributed by atoms with Gasteiger partial charge in [-0.15, -0.1) is 0 Å². The van der Waals surface area contributed by atoms with Gasteiger partial charge in [0.1, 0.15) is 19.0 Å². The number of hydrogen-bond donors (Lipinski definition) is 1. The van der Waals surface area contributed by atoms with Crippen molar-refractivity contribution in [1.82, 2.24) is 20.3 Å². The zero-order chi connectivity index (χ0) is 19.3. The fraction of sp³-hybridized carbons (Fsp3) is 0.316. The summed E-state index contributed by atoms with van der Waals surface area (Å²) in [6, 6.07) is 7.10. The third kappa shape index (κ3) is 4.38. The average Bonchev–Trinajstić information content (AvgIpc) is 2.73. The van der Waals surface area contributed by atoms with Crippen LogP contribution >= 0.6 is 23.2 Å². The van der Waals surface area contributed by atoms with Crippen molar-refractivity contribution in [3.05, 3.63) is 46.7 Å². The number of fused-ring (bicyclic) bond motifs is 1. The first-order chi connectivity index (χ1) is 13.7. The number of benzene rings is 1. The van der Waals surface area contributed by atoms with E-state index >= 15 is 0 Å². The lowest BCUT2D eigenvalue weighted by Crippen LogP contribution is -2.44. The molecule has 0 atom stereocenters. The van der Waals surface area contributed by atoms with Crippen molar-refractivity contribution in [2.24, 2.45) is 0 Å². The number of nitrogens with one attached hydrogen (secondary N) is 1. The molecule has 1 saturated heterocycles. The Morgan fingerprint density at radius 3 is 2.43 bits per heavy atom. The number of aromatic nitrogens is 3. The van der Waals surface area contributed by atoms with Crippen LogP contribution in [0.15, 0.2) is 36.7 Å². The van der Waals surface area contributed by atoms with Crippen LogP contribution in [0.3, 0.4) is 0 Å². The second-order valence-electron chi connectivity index (χ2n) is 6.23. The molecule has 0 aliphatic carbocycles. The number of ether oxygens (including phenoxy) is 2. The molecule has 1 aliphatic heterocycles. The zero-order valence-electron chi connectivity index (χ0n) is 15.1. The molecule has 1 N–H and O–H groups in total. The lowest BCUT2D eigenvalue weighted by atomic mass is 10.3. The van der Waals surface area contributed by atoms with Crippen LogP contribution in [-0.4, -0.2) is 54.3 Å². The third-order valence-electron chi connectivity index (χ3n) is 4.30. The Morgan fingerprint density at radius 1 is 1.00 bits per heavy atom. The number of piperazine rings is 1. The number of anilines is 1. The molecule has 3 heterocycles. The van der Waals surface area contributed by atoms with E-state index in [-0.39, 0.29) is 0 Å². The van der Waals surface area contributed by atoms with Gasteiger partial charge in [0.25, 0.3) is 5.88 Å². The fourth-order valence-electron chi connectivity index (χ4n) is 2.94. The highest BCUT2D eigenvalue weighted by molar-refractivity contribution is 6.42. The Balaban J connectivity index is 1.56. The van der Waals surface area contributed by atoms with Crippen LogP contribution < -0.4 is 19.7 Å². The quantitative estimate of drug-likeness (QED) is 0.614. The smallest absolute Gasteiger partial charge is 0.258 e. The Morgan fingerprint density at radius 2 is 1.71 bits per heavy atom. The molecule has 0 saturated carbocycles. The van der Waals surface area contributed by atoms with Gasteiger partial charge in [-0.05, 0) is 24.3 Å². The molecule has 146 valence electrons. The predicted molar refractivity (Wildman–Crippen MR) is 110 cm³/mol. The molecule has 0 radical (unpaired) electrons. The maximum atomic E-state index is 6.15. The van der Waals surface area contributed by atoms with Crippen molar-refractivity contribution in [2.75, 3.05) is 44.3 Å². The first-order valence-electron chi connectivity index (χ1n) is 8.99. The highest BCUT2D eigenvalue weighted by Gasteiger charge is 2.20. The zero-order valence-corrected chi connectivity index (χ0v) is 16.6. The van der Waals surface area contributed by atoms with E-state index < -0.39 is 0 Å². The SMILES string of the molecule is Clc1cc2nc(OCCOc3cccnc3)c(N3CCNCC3)nc2cc1Cl. The van der Waals surface area contributed by atoms with Gasteiger partial charge in [0.15, 0.2) is 5.82 Å². The molecule has 1 fully saturated rings. The van der Waals surface area contributed by atoms with Crippen molar-refractivity contribution in [3.8, 4) is 11.6 Å². The van der Waals surface area contributed by atoms with E-state index in [1.807, 2.05) is 12.1 Å². The lowest BCUT2D eigenvalue weighted by molar-refractivity contribution is 0.211. The van der Waals surface area contributed by atoms with Crippen LogP contribution in [0.5, 0.6) is 11.6 Å². The van der Waals surface area contributed by atoms with Gasteiger partial charge in [0.2, 0.25) is 0 Å². The molecule has 9 heteroatoms. The van der Waals surface area contributed by atoms with Crippen molar-refractivity contribution in [3.63, 3.8) is 0 Å². The van der Waals surface area contributed by atoms with E-state index in [1.54, 1.807) is 24.5 Å². The molecule has 3 aromatic rings. The molecule has 4 rings (SSSR count). The summed E-state index contributed by atoms with van der Waals surface area (Å²) in [5, 5.41) is 4.22. The molecule has 0 amide bonds. The molecular weight excluding hydrogens is 401 g/mol. The maximum absolute atomic E-state index is 6.15. The third-order valence-corrected chi connectivity index (χ3v) is 5.02. The number of halogens is 2. The standard InChI is InChI=1S/C19H19Cl2N5O2/c20-14-10-16-17(11-15(14)21)25-19(18(24-16)26-6-4-22-5-7-26)28-9-8-27-13-2-1-3-23-12-13/h1-3,10-12,22H,4-9H2. The molecular formula is C19H19Cl2N5O2. The Hall–Kier alpha value is -2.35. The number of pyridine rings is 1. The first kappa shape index (κ1) is 19.0. The number of hydrogen-bond acceptors (Lipinski definition) is 7. The summed E-state index contributed by atoms with van der Waals surface area (Å²) in [4.78, 5) is 15.6. The van der Waals surface area contributed by atoms with Gasteiger partial charge in [-0.3, -0.25) is 4.98 Å². The molecule has 28 heavy (non-hydrogen) atoms. The topological polar surface area (TPSA) is 72.4 Å². The monoisotopic (exact) mass is 419 g/mol. The lowest BCUT2D eigenvalue weighted by Gasteiger charge is -2.29. The summed E-state index contributed by atoms with van der Waals surface area (Å²) in [5.74, 6) is 1.86. The van der Waals surface area contributed by atoms with E-state index in [9.17, 15) is 0 Å². The Labute approximate surface area is 172 Å². The summed E-state index contributed by atoms with van der Waals surface area (Å²) < 4.78 is 11.6.